The molecule has 1 saturated carbocycles. The molecule has 0 spiro atoms. The van der Waals surface area contributed by atoms with Crippen LogP contribution in [0.2, 0.25) is 0 Å². The number of hydrogen-bond donors (Lipinski definition) is 1. The Balaban J connectivity index is 2.14. The topological polar surface area (TPSA) is 49.4 Å². The molecular weight excluding hydrogens is 180 g/mol. The Morgan fingerprint density at radius 1 is 1.29 bits per heavy atom. The highest BCUT2D eigenvalue weighted by atomic mass is 16.2. The maximum absolute atomic E-state index is 11.9. The molecule has 4 heteroatoms. The van der Waals surface area contributed by atoms with Crippen LogP contribution in [0.1, 0.15) is 32.6 Å². The summed E-state index contributed by atoms with van der Waals surface area (Å²) in [6.45, 7) is 2.52. The molecule has 1 atom stereocenters. The van der Waals surface area contributed by atoms with E-state index < -0.39 is 0 Å². The predicted octanol–water partition coefficient (Wildman–Crippen LogP) is 1.12. The fraction of sp³-hybridized carbons (Fsp3) is 0.800. The normalized spacial score (nSPS) is 29.5. The second kappa shape index (κ2) is 3.59. The third-order valence-electron chi connectivity index (χ3n) is 3.17. The van der Waals surface area contributed by atoms with Crippen molar-refractivity contribution < 1.29 is 9.59 Å². The predicted molar refractivity (Wildman–Crippen MR) is 51.7 cm³/mol. The molecule has 1 aliphatic heterocycles. The third kappa shape index (κ3) is 1.49. The summed E-state index contributed by atoms with van der Waals surface area (Å²) in [5, 5.41) is 2.77. The fourth-order valence-electron chi connectivity index (χ4n) is 1.93. The van der Waals surface area contributed by atoms with Crippen LogP contribution < -0.4 is 5.32 Å². The molecule has 2 aliphatic rings. The van der Waals surface area contributed by atoms with Gasteiger partial charge in [0.05, 0.1) is 0 Å². The Morgan fingerprint density at radius 3 is 2.57 bits per heavy atom. The molecule has 14 heavy (non-hydrogen) atoms. The number of nitrogens with one attached hydrogen (secondary N) is 1. The first-order valence-electron chi connectivity index (χ1n) is 5.31. The highest BCUT2D eigenvalue weighted by molar-refractivity contribution is 5.96. The van der Waals surface area contributed by atoms with Gasteiger partial charge in [-0.2, -0.15) is 0 Å². The van der Waals surface area contributed by atoms with Crippen molar-refractivity contribution in [1.29, 1.82) is 0 Å². The zero-order valence-electron chi connectivity index (χ0n) is 8.45. The molecule has 0 aromatic carbocycles. The van der Waals surface area contributed by atoms with E-state index in [1.807, 2.05) is 6.92 Å². The molecule has 1 saturated heterocycles. The Kier molecular flexibility index (Phi) is 2.44. The van der Waals surface area contributed by atoms with E-state index >= 15 is 0 Å². The lowest BCUT2D eigenvalue weighted by atomic mass is 9.91. The number of carbonyl (C=O) groups is 2. The molecule has 4 nitrogen and oxygen atoms in total. The van der Waals surface area contributed by atoms with Gasteiger partial charge in [-0.3, -0.25) is 9.69 Å². The van der Waals surface area contributed by atoms with Crippen LogP contribution in [0.15, 0.2) is 0 Å². The third-order valence-corrected chi connectivity index (χ3v) is 3.17. The summed E-state index contributed by atoms with van der Waals surface area (Å²) in [6, 6.07) is -0.0212. The molecular formula is C10H16N2O2. The Bertz CT molecular complexity index is 261. The molecule has 1 N–H and O–H groups in total. The lowest BCUT2D eigenvalue weighted by Gasteiger charge is -2.35. The smallest absolute Gasteiger partial charge is 0.324 e. The second-order valence-corrected chi connectivity index (χ2v) is 4.21. The molecule has 0 aromatic rings. The number of amides is 3. The van der Waals surface area contributed by atoms with Gasteiger partial charge in [0.15, 0.2) is 0 Å². The summed E-state index contributed by atoms with van der Waals surface area (Å²) in [5.41, 5.74) is 0. The first-order valence-corrected chi connectivity index (χ1v) is 5.31. The molecule has 2 fully saturated rings. The highest BCUT2D eigenvalue weighted by Crippen LogP contribution is 2.27. The van der Waals surface area contributed by atoms with E-state index in [1.165, 1.54) is 4.90 Å². The van der Waals surface area contributed by atoms with Crippen molar-refractivity contribution in [2.75, 3.05) is 6.54 Å². The average molecular weight is 196 g/mol. The maximum Gasteiger partial charge on any atom is 0.324 e. The lowest BCUT2D eigenvalue weighted by molar-refractivity contribution is -0.134. The molecule has 0 radical (unpaired) electrons. The van der Waals surface area contributed by atoms with Gasteiger partial charge in [-0.15, -0.1) is 0 Å². The van der Waals surface area contributed by atoms with Crippen LogP contribution in [0.3, 0.4) is 0 Å². The summed E-state index contributed by atoms with van der Waals surface area (Å²) >= 11 is 0. The van der Waals surface area contributed by atoms with Crippen molar-refractivity contribution in [2.24, 2.45) is 5.92 Å². The molecule has 3 amide bonds. The Hall–Kier alpha value is -1.06. The van der Waals surface area contributed by atoms with Crippen molar-refractivity contribution in [1.82, 2.24) is 10.2 Å². The average Bonchev–Trinajstić information content (AvgIpc) is 2.17. The van der Waals surface area contributed by atoms with E-state index in [-0.39, 0.29) is 23.9 Å². The van der Waals surface area contributed by atoms with Crippen LogP contribution in [-0.2, 0) is 4.79 Å². The van der Waals surface area contributed by atoms with Crippen LogP contribution in [-0.4, -0.2) is 29.4 Å². The lowest BCUT2D eigenvalue weighted by Crippen LogP contribution is -2.51. The summed E-state index contributed by atoms with van der Waals surface area (Å²) in [5.74, 6) is -0.0146. The van der Waals surface area contributed by atoms with Gasteiger partial charge in [0.2, 0.25) is 5.91 Å². The van der Waals surface area contributed by atoms with E-state index in [0.29, 0.717) is 6.54 Å². The van der Waals surface area contributed by atoms with Gasteiger partial charge in [0.1, 0.15) is 0 Å². The summed E-state index contributed by atoms with van der Waals surface area (Å²) < 4.78 is 0. The van der Waals surface area contributed by atoms with Crippen molar-refractivity contribution in [3.63, 3.8) is 0 Å². The Labute approximate surface area is 83.6 Å². The number of nitrogens with zero attached hydrogens (tertiary/aromatic N) is 1. The first-order chi connectivity index (χ1) is 6.70. The largest absolute Gasteiger partial charge is 0.338 e. The van der Waals surface area contributed by atoms with E-state index in [9.17, 15) is 9.59 Å². The van der Waals surface area contributed by atoms with Gasteiger partial charge >= 0.3 is 6.03 Å². The molecule has 0 bridgehead atoms. The van der Waals surface area contributed by atoms with E-state index in [1.54, 1.807) is 0 Å². The molecule has 2 rings (SSSR count). The van der Waals surface area contributed by atoms with E-state index in [0.717, 1.165) is 25.7 Å². The van der Waals surface area contributed by atoms with Crippen molar-refractivity contribution >= 4 is 11.9 Å². The minimum atomic E-state index is -0.191. The number of hydrogen-bond acceptors (Lipinski definition) is 2. The van der Waals surface area contributed by atoms with Crippen LogP contribution in [0.5, 0.6) is 0 Å². The SMILES string of the molecule is CC1CCNC(=O)N(C2CCC2)C1=O. The van der Waals surface area contributed by atoms with Crippen LogP contribution in [0.4, 0.5) is 4.79 Å². The van der Waals surface area contributed by atoms with Gasteiger partial charge in [0.25, 0.3) is 0 Å². The number of imide groups is 1. The van der Waals surface area contributed by atoms with Crippen molar-refractivity contribution in [3.8, 4) is 0 Å². The zero-order chi connectivity index (χ0) is 10.1. The zero-order valence-corrected chi connectivity index (χ0v) is 8.45. The quantitative estimate of drug-likeness (QED) is 0.683. The first kappa shape index (κ1) is 9.49. The monoisotopic (exact) mass is 196 g/mol. The number of urea groups is 1. The van der Waals surface area contributed by atoms with Crippen LogP contribution in [0, 0.1) is 5.92 Å². The van der Waals surface area contributed by atoms with Gasteiger partial charge < -0.3 is 5.32 Å². The molecule has 0 aromatic heterocycles. The fourth-order valence-corrected chi connectivity index (χ4v) is 1.93. The van der Waals surface area contributed by atoms with Gasteiger partial charge in [-0.25, -0.2) is 4.79 Å². The van der Waals surface area contributed by atoms with Crippen LogP contribution >= 0.6 is 0 Å². The molecule has 1 unspecified atom stereocenters. The highest BCUT2D eigenvalue weighted by Gasteiger charge is 2.37. The minimum absolute atomic E-state index is 0.00435. The van der Waals surface area contributed by atoms with Gasteiger partial charge in [-0.05, 0) is 25.7 Å². The van der Waals surface area contributed by atoms with Crippen molar-refractivity contribution in [2.45, 2.75) is 38.6 Å². The molecule has 78 valence electrons. The molecule has 1 aliphatic carbocycles. The summed E-state index contributed by atoms with van der Waals surface area (Å²) in [6.07, 6.45) is 3.85. The van der Waals surface area contributed by atoms with Gasteiger partial charge in [-0.1, -0.05) is 6.92 Å². The summed E-state index contributed by atoms with van der Waals surface area (Å²) in [7, 11) is 0. The van der Waals surface area contributed by atoms with E-state index in [2.05, 4.69) is 5.32 Å². The van der Waals surface area contributed by atoms with Gasteiger partial charge in [0, 0.05) is 18.5 Å². The van der Waals surface area contributed by atoms with Crippen LogP contribution in [0.25, 0.3) is 0 Å². The Morgan fingerprint density at radius 2 is 2.00 bits per heavy atom. The second-order valence-electron chi connectivity index (χ2n) is 4.21. The number of rotatable bonds is 1. The van der Waals surface area contributed by atoms with Crippen molar-refractivity contribution in [3.05, 3.63) is 0 Å². The number of carbonyl (C=O) groups excluding carboxylic acids is 2. The summed E-state index contributed by atoms with van der Waals surface area (Å²) in [4.78, 5) is 24.9. The molecule has 1 heterocycles. The standard InChI is InChI=1S/C10H16N2O2/c1-7-5-6-11-10(14)12(9(7)13)8-3-2-4-8/h7-8H,2-6H2,1H3,(H,11,14). The minimum Gasteiger partial charge on any atom is -0.338 e. The van der Waals surface area contributed by atoms with E-state index in [4.69, 9.17) is 0 Å². The maximum atomic E-state index is 11.9.